The number of aryl methyl sites for hydroxylation is 1. The molecule has 3 aromatic rings. The summed E-state index contributed by atoms with van der Waals surface area (Å²) in [6.07, 6.45) is 3.39. The Bertz CT molecular complexity index is 1100. The second kappa shape index (κ2) is 11.4. The third kappa shape index (κ3) is 5.65. The first-order valence-electron chi connectivity index (χ1n) is 12.2. The van der Waals surface area contributed by atoms with Gasteiger partial charge in [0, 0.05) is 33.3 Å². The topological polar surface area (TPSA) is 63.0 Å². The first-order valence-corrected chi connectivity index (χ1v) is 12.2. The predicted octanol–water partition coefficient (Wildman–Crippen LogP) is 4.90. The maximum absolute atomic E-state index is 13.3. The molecule has 2 atom stereocenters. The monoisotopic (exact) mass is 474 g/mol. The Morgan fingerprint density at radius 2 is 1.66 bits per heavy atom. The summed E-state index contributed by atoms with van der Waals surface area (Å²) in [6.45, 7) is 3.11. The number of carbonyl (C=O) groups excluding carboxylic acids is 2. The van der Waals surface area contributed by atoms with Crippen LogP contribution in [0.4, 0.5) is 0 Å². The largest absolute Gasteiger partial charge is 0.469 e. The van der Waals surface area contributed by atoms with Crippen LogP contribution in [-0.4, -0.2) is 54.9 Å². The molecule has 1 aliphatic heterocycles. The van der Waals surface area contributed by atoms with Crippen molar-refractivity contribution in [1.82, 2.24) is 9.80 Å². The molecular weight excluding hydrogens is 440 g/mol. The van der Waals surface area contributed by atoms with Gasteiger partial charge in [0.05, 0.1) is 11.8 Å². The molecule has 1 saturated heterocycles. The molecule has 1 fully saturated rings. The summed E-state index contributed by atoms with van der Waals surface area (Å²) in [4.78, 5) is 30.4. The zero-order valence-corrected chi connectivity index (χ0v) is 20.7. The normalized spacial score (nSPS) is 16.0. The van der Waals surface area contributed by atoms with Gasteiger partial charge in [0.15, 0.2) is 6.10 Å². The molecule has 4 rings (SSSR count). The third-order valence-electron chi connectivity index (χ3n) is 7.15. The highest BCUT2D eigenvalue weighted by molar-refractivity contribution is 5.95. The van der Waals surface area contributed by atoms with Crippen LogP contribution < -0.4 is 0 Å². The third-order valence-corrected chi connectivity index (χ3v) is 7.15. The Kier molecular flexibility index (Phi) is 8.03. The average molecular weight is 475 g/mol. The van der Waals surface area contributed by atoms with Gasteiger partial charge in [-0.3, -0.25) is 9.59 Å². The number of likely N-dealkylation sites (tertiary alicyclic amines) is 1. The SMILES string of the molecule is CO[C@@H](C(=O)N1CCC([C@@H](Cc2ccccc2)N(C)C(=O)c2ccoc2C)CC1)c1ccccc1. The average Bonchev–Trinajstić information content (AvgIpc) is 3.34. The van der Waals surface area contributed by atoms with E-state index in [9.17, 15) is 9.59 Å². The van der Waals surface area contributed by atoms with Crippen molar-refractivity contribution in [3.63, 3.8) is 0 Å². The molecule has 0 spiro atoms. The van der Waals surface area contributed by atoms with Crippen molar-refractivity contribution >= 4 is 11.8 Å². The zero-order chi connectivity index (χ0) is 24.8. The van der Waals surface area contributed by atoms with Crippen molar-refractivity contribution in [2.45, 2.75) is 38.3 Å². The van der Waals surface area contributed by atoms with Crippen LogP contribution in [0.3, 0.4) is 0 Å². The van der Waals surface area contributed by atoms with E-state index in [4.69, 9.17) is 9.15 Å². The molecule has 0 radical (unpaired) electrons. The van der Waals surface area contributed by atoms with Gasteiger partial charge in [-0.2, -0.15) is 0 Å². The lowest BCUT2D eigenvalue weighted by Crippen LogP contribution is -2.49. The number of nitrogens with zero attached hydrogens (tertiary/aromatic N) is 2. The fraction of sp³-hybridized carbons (Fsp3) is 0.379. The molecule has 184 valence electrons. The van der Waals surface area contributed by atoms with Crippen LogP contribution in [-0.2, 0) is 16.0 Å². The number of methoxy groups -OCH3 is 1. The van der Waals surface area contributed by atoms with E-state index in [1.807, 2.05) is 72.3 Å². The van der Waals surface area contributed by atoms with Gasteiger partial charge < -0.3 is 19.0 Å². The molecule has 2 heterocycles. The Balaban J connectivity index is 1.48. The van der Waals surface area contributed by atoms with E-state index >= 15 is 0 Å². The van der Waals surface area contributed by atoms with Gasteiger partial charge in [0.1, 0.15) is 5.76 Å². The summed E-state index contributed by atoms with van der Waals surface area (Å²) >= 11 is 0. The van der Waals surface area contributed by atoms with E-state index in [1.54, 1.807) is 19.4 Å². The lowest BCUT2D eigenvalue weighted by atomic mass is 9.84. The molecule has 2 aromatic carbocycles. The second-order valence-corrected chi connectivity index (χ2v) is 9.25. The molecule has 1 aliphatic rings. The standard InChI is InChI=1S/C29H34N2O4/c1-21-25(16-19-35-21)28(32)30(2)26(20-22-10-6-4-7-11-22)23-14-17-31(18-15-23)29(33)27(34-3)24-12-8-5-9-13-24/h4-13,16,19,23,26-27H,14-15,17-18,20H2,1-3H3/t26-,27-/m1/s1. The van der Waals surface area contributed by atoms with E-state index in [0.717, 1.165) is 24.8 Å². The van der Waals surface area contributed by atoms with E-state index in [0.29, 0.717) is 24.4 Å². The smallest absolute Gasteiger partial charge is 0.257 e. The number of likely N-dealkylation sites (N-methyl/N-ethyl adjacent to an activating group) is 1. The van der Waals surface area contributed by atoms with Crippen molar-refractivity contribution in [1.29, 1.82) is 0 Å². The fourth-order valence-corrected chi connectivity index (χ4v) is 5.10. The van der Waals surface area contributed by atoms with Gasteiger partial charge in [0.25, 0.3) is 11.8 Å². The van der Waals surface area contributed by atoms with Crippen LogP contribution in [0.2, 0.25) is 0 Å². The minimum atomic E-state index is -0.596. The van der Waals surface area contributed by atoms with Crippen molar-refractivity contribution < 1.29 is 18.7 Å². The summed E-state index contributed by atoms with van der Waals surface area (Å²) in [5, 5.41) is 0. The van der Waals surface area contributed by atoms with Crippen LogP contribution in [0.25, 0.3) is 0 Å². The van der Waals surface area contributed by atoms with Crippen LogP contribution in [0.5, 0.6) is 0 Å². The zero-order valence-electron chi connectivity index (χ0n) is 20.7. The first kappa shape index (κ1) is 24.7. The number of amides is 2. The molecule has 0 aliphatic carbocycles. The number of rotatable bonds is 8. The summed E-state index contributed by atoms with van der Waals surface area (Å²) in [6, 6.07) is 21.7. The van der Waals surface area contributed by atoms with Crippen LogP contribution >= 0.6 is 0 Å². The maximum Gasteiger partial charge on any atom is 0.257 e. The summed E-state index contributed by atoms with van der Waals surface area (Å²) in [5.41, 5.74) is 2.66. The number of furan rings is 1. The molecule has 6 nitrogen and oxygen atoms in total. The minimum absolute atomic E-state index is 0.00443. The number of hydrogen-bond donors (Lipinski definition) is 0. The van der Waals surface area contributed by atoms with E-state index in [2.05, 4.69) is 12.1 Å². The van der Waals surface area contributed by atoms with Crippen LogP contribution in [0.15, 0.2) is 77.4 Å². The Labute approximate surface area is 207 Å². The molecule has 1 aromatic heterocycles. The summed E-state index contributed by atoms with van der Waals surface area (Å²) in [5.74, 6) is 0.875. The number of carbonyl (C=O) groups is 2. The highest BCUT2D eigenvalue weighted by atomic mass is 16.5. The highest BCUT2D eigenvalue weighted by Gasteiger charge is 2.35. The minimum Gasteiger partial charge on any atom is -0.469 e. The highest BCUT2D eigenvalue weighted by Crippen LogP contribution is 2.30. The van der Waals surface area contributed by atoms with Crippen LogP contribution in [0.1, 0.15) is 46.2 Å². The van der Waals surface area contributed by atoms with Gasteiger partial charge >= 0.3 is 0 Å². The van der Waals surface area contributed by atoms with E-state index < -0.39 is 6.10 Å². The molecule has 2 amide bonds. The van der Waals surface area contributed by atoms with Crippen molar-refractivity contribution in [2.75, 3.05) is 27.2 Å². The molecule has 0 unspecified atom stereocenters. The van der Waals surface area contributed by atoms with Crippen molar-refractivity contribution in [3.05, 3.63) is 95.4 Å². The number of benzene rings is 2. The number of hydrogen-bond acceptors (Lipinski definition) is 4. The predicted molar refractivity (Wildman–Crippen MR) is 135 cm³/mol. The molecule has 0 N–H and O–H groups in total. The van der Waals surface area contributed by atoms with Gasteiger partial charge in [-0.1, -0.05) is 60.7 Å². The lowest BCUT2D eigenvalue weighted by Gasteiger charge is -2.40. The van der Waals surface area contributed by atoms with Gasteiger partial charge in [-0.05, 0) is 49.3 Å². The van der Waals surface area contributed by atoms with E-state index in [-0.39, 0.29) is 23.8 Å². The molecule has 0 saturated carbocycles. The molecule has 6 heteroatoms. The second-order valence-electron chi connectivity index (χ2n) is 9.25. The number of ether oxygens (including phenoxy) is 1. The molecule has 0 bridgehead atoms. The molecular formula is C29H34N2O4. The van der Waals surface area contributed by atoms with E-state index in [1.165, 1.54) is 5.56 Å². The fourth-order valence-electron chi connectivity index (χ4n) is 5.10. The summed E-state index contributed by atoms with van der Waals surface area (Å²) in [7, 11) is 3.47. The Morgan fingerprint density at radius 3 is 2.23 bits per heavy atom. The van der Waals surface area contributed by atoms with Crippen molar-refractivity contribution in [2.24, 2.45) is 5.92 Å². The Hall–Kier alpha value is -3.38. The van der Waals surface area contributed by atoms with Crippen molar-refractivity contribution in [3.8, 4) is 0 Å². The first-order chi connectivity index (χ1) is 17.0. The Morgan fingerprint density at radius 1 is 1.03 bits per heavy atom. The summed E-state index contributed by atoms with van der Waals surface area (Å²) < 4.78 is 11.0. The van der Waals surface area contributed by atoms with Gasteiger partial charge in [-0.25, -0.2) is 0 Å². The van der Waals surface area contributed by atoms with Crippen LogP contribution in [0, 0.1) is 12.8 Å². The molecule has 35 heavy (non-hydrogen) atoms. The maximum atomic E-state index is 13.3. The van der Waals surface area contributed by atoms with Gasteiger partial charge in [0.2, 0.25) is 0 Å². The quantitative estimate of drug-likeness (QED) is 0.466. The lowest BCUT2D eigenvalue weighted by molar-refractivity contribution is -0.144. The number of piperidine rings is 1. The van der Waals surface area contributed by atoms with Gasteiger partial charge in [-0.15, -0.1) is 0 Å².